The molecule has 0 saturated heterocycles. The van der Waals surface area contributed by atoms with Gasteiger partial charge in [0.1, 0.15) is 0 Å². The molecule has 1 heterocycles. The van der Waals surface area contributed by atoms with Crippen LogP contribution in [0, 0.1) is 6.92 Å². The molecule has 6 heteroatoms. The summed E-state index contributed by atoms with van der Waals surface area (Å²) >= 11 is 0. The lowest BCUT2D eigenvalue weighted by atomic mass is 10.1. The zero-order valence-electron chi connectivity index (χ0n) is 10.7. The summed E-state index contributed by atoms with van der Waals surface area (Å²) in [7, 11) is 1.83. The van der Waals surface area contributed by atoms with E-state index >= 15 is 0 Å². The van der Waals surface area contributed by atoms with Crippen molar-refractivity contribution in [3.8, 4) is 0 Å². The van der Waals surface area contributed by atoms with Crippen molar-refractivity contribution < 1.29 is 4.79 Å². The fraction of sp³-hybridized carbons (Fsp3) is 0.154. The highest BCUT2D eigenvalue weighted by Crippen LogP contribution is 2.16. The molecule has 0 atom stereocenters. The number of carbonyl (C=O) groups is 1. The molecule has 98 valence electrons. The second-order valence-corrected chi connectivity index (χ2v) is 4.04. The van der Waals surface area contributed by atoms with Gasteiger partial charge in [-0.3, -0.25) is 9.59 Å². The molecule has 0 fully saturated rings. The Morgan fingerprint density at radius 3 is 2.63 bits per heavy atom. The molecule has 0 radical (unpaired) electrons. The zero-order valence-corrected chi connectivity index (χ0v) is 10.7. The maximum Gasteiger partial charge on any atom is 0.264 e. The van der Waals surface area contributed by atoms with Gasteiger partial charge in [-0.1, -0.05) is 0 Å². The van der Waals surface area contributed by atoms with Gasteiger partial charge in [0.2, 0.25) is 0 Å². The maximum absolute atomic E-state index is 12.0. The lowest BCUT2D eigenvalue weighted by Gasteiger charge is -2.08. The second kappa shape index (κ2) is 5.34. The van der Waals surface area contributed by atoms with Crippen LogP contribution in [0.2, 0.25) is 0 Å². The Labute approximate surface area is 109 Å². The van der Waals surface area contributed by atoms with Crippen molar-refractivity contribution in [2.45, 2.75) is 6.92 Å². The average molecular weight is 258 g/mol. The zero-order chi connectivity index (χ0) is 13.8. The molecule has 19 heavy (non-hydrogen) atoms. The maximum atomic E-state index is 12.0. The Hall–Kier alpha value is -2.63. The molecule has 0 aliphatic heterocycles. The minimum Gasteiger partial charge on any atom is -0.388 e. The summed E-state index contributed by atoms with van der Waals surface area (Å²) in [5.41, 5.74) is 2.17. The van der Waals surface area contributed by atoms with E-state index in [9.17, 15) is 9.59 Å². The molecule has 0 spiro atoms. The van der Waals surface area contributed by atoms with Gasteiger partial charge in [0, 0.05) is 24.4 Å². The van der Waals surface area contributed by atoms with Crippen LogP contribution in [0.25, 0.3) is 0 Å². The Morgan fingerprint density at radius 2 is 2.05 bits per heavy atom. The largest absolute Gasteiger partial charge is 0.388 e. The highest BCUT2D eigenvalue weighted by atomic mass is 16.2. The normalized spacial score (nSPS) is 10.0. The van der Waals surface area contributed by atoms with Gasteiger partial charge in [0.05, 0.1) is 0 Å². The standard InChI is InChI=1S/C13H14N4O2/c1-8-7-9(3-4-10(8)14-2)13(19)15-11-5-6-12(18)17-16-11/h3-7,14H,1-2H3,(H,17,18)(H,15,16,19). The van der Waals surface area contributed by atoms with Crippen LogP contribution in [0.1, 0.15) is 15.9 Å². The molecule has 0 aliphatic carbocycles. The third-order valence-corrected chi connectivity index (χ3v) is 2.68. The Morgan fingerprint density at radius 1 is 1.26 bits per heavy atom. The van der Waals surface area contributed by atoms with Gasteiger partial charge < -0.3 is 10.6 Å². The fourth-order valence-electron chi connectivity index (χ4n) is 1.69. The summed E-state index contributed by atoms with van der Waals surface area (Å²) in [6, 6.07) is 8.10. The lowest BCUT2D eigenvalue weighted by molar-refractivity contribution is 0.102. The van der Waals surface area contributed by atoms with Crippen molar-refractivity contribution in [1.29, 1.82) is 0 Å². The number of carbonyl (C=O) groups excluding carboxylic acids is 1. The average Bonchev–Trinajstić information content (AvgIpc) is 2.41. The number of hydrogen-bond acceptors (Lipinski definition) is 4. The van der Waals surface area contributed by atoms with Gasteiger partial charge in [-0.2, -0.15) is 5.10 Å². The molecule has 0 aliphatic rings. The van der Waals surface area contributed by atoms with Gasteiger partial charge in [0.25, 0.3) is 11.5 Å². The van der Waals surface area contributed by atoms with Gasteiger partial charge >= 0.3 is 0 Å². The van der Waals surface area contributed by atoms with E-state index in [2.05, 4.69) is 20.8 Å². The van der Waals surface area contributed by atoms with Crippen molar-refractivity contribution in [3.63, 3.8) is 0 Å². The second-order valence-electron chi connectivity index (χ2n) is 4.04. The van der Waals surface area contributed by atoms with Crippen LogP contribution in [-0.2, 0) is 0 Å². The van der Waals surface area contributed by atoms with Crippen molar-refractivity contribution in [3.05, 3.63) is 51.8 Å². The molecule has 1 aromatic carbocycles. The SMILES string of the molecule is CNc1ccc(C(=O)Nc2ccc(=O)[nH]n2)cc1C. The van der Waals surface area contributed by atoms with Gasteiger partial charge in [-0.25, -0.2) is 5.10 Å². The van der Waals surface area contributed by atoms with Gasteiger partial charge in [0.15, 0.2) is 5.82 Å². The van der Waals surface area contributed by atoms with Crippen molar-refractivity contribution in [1.82, 2.24) is 10.2 Å². The topological polar surface area (TPSA) is 86.9 Å². The van der Waals surface area contributed by atoms with Crippen LogP contribution in [0.4, 0.5) is 11.5 Å². The lowest BCUT2D eigenvalue weighted by Crippen LogP contribution is -2.16. The summed E-state index contributed by atoms with van der Waals surface area (Å²) in [4.78, 5) is 22.8. The van der Waals surface area contributed by atoms with Crippen LogP contribution in [0.3, 0.4) is 0 Å². The summed E-state index contributed by atoms with van der Waals surface area (Å²) in [6.45, 7) is 1.92. The van der Waals surface area contributed by atoms with Crippen LogP contribution < -0.4 is 16.2 Å². The predicted octanol–water partition coefficient (Wildman–Crippen LogP) is 1.37. The number of H-pyrrole nitrogens is 1. The van der Waals surface area contributed by atoms with Crippen molar-refractivity contribution >= 4 is 17.4 Å². The van der Waals surface area contributed by atoms with Crippen LogP contribution in [0.5, 0.6) is 0 Å². The van der Waals surface area contributed by atoms with Crippen LogP contribution >= 0.6 is 0 Å². The molecule has 0 bridgehead atoms. The highest BCUT2D eigenvalue weighted by Gasteiger charge is 2.08. The van der Waals surface area contributed by atoms with Crippen LogP contribution in [-0.4, -0.2) is 23.2 Å². The molecule has 0 unspecified atom stereocenters. The van der Waals surface area contributed by atoms with E-state index in [1.165, 1.54) is 12.1 Å². The number of aromatic nitrogens is 2. The quantitative estimate of drug-likeness (QED) is 0.776. The minimum absolute atomic E-state index is 0.273. The van der Waals surface area contributed by atoms with Gasteiger partial charge in [-0.15, -0.1) is 0 Å². The van der Waals surface area contributed by atoms with Crippen molar-refractivity contribution in [2.75, 3.05) is 17.7 Å². The summed E-state index contributed by atoms with van der Waals surface area (Å²) in [5, 5.41) is 11.6. The molecule has 0 saturated carbocycles. The number of amides is 1. The monoisotopic (exact) mass is 258 g/mol. The number of hydrogen-bond donors (Lipinski definition) is 3. The Kier molecular flexibility index (Phi) is 3.61. The van der Waals surface area contributed by atoms with Crippen LogP contribution in [0.15, 0.2) is 35.1 Å². The Bertz CT molecular complexity index is 643. The summed E-state index contributed by atoms with van der Waals surface area (Å²) in [6.07, 6.45) is 0. The molecule has 6 nitrogen and oxygen atoms in total. The third kappa shape index (κ3) is 2.98. The summed E-state index contributed by atoms with van der Waals surface area (Å²) in [5.74, 6) is 0.0326. The number of aromatic amines is 1. The predicted molar refractivity (Wildman–Crippen MR) is 73.5 cm³/mol. The van der Waals surface area contributed by atoms with E-state index < -0.39 is 0 Å². The number of aryl methyl sites for hydroxylation is 1. The van der Waals surface area contributed by atoms with E-state index in [0.717, 1.165) is 11.3 Å². The molecule has 2 aromatic rings. The molecular formula is C13H14N4O2. The molecule has 2 rings (SSSR count). The molecule has 1 aromatic heterocycles. The molecule has 1 amide bonds. The van der Waals surface area contributed by atoms with Crippen molar-refractivity contribution in [2.24, 2.45) is 0 Å². The molecular weight excluding hydrogens is 244 g/mol. The first-order valence-corrected chi connectivity index (χ1v) is 5.75. The van der Waals surface area contributed by atoms with E-state index in [4.69, 9.17) is 0 Å². The first-order chi connectivity index (χ1) is 9.10. The first-order valence-electron chi connectivity index (χ1n) is 5.75. The smallest absolute Gasteiger partial charge is 0.264 e. The molecule has 3 N–H and O–H groups in total. The van der Waals surface area contributed by atoms with E-state index in [-0.39, 0.29) is 11.5 Å². The number of nitrogens with zero attached hydrogens (tertiary/aromatic N) is 1. The van der Waals surface area contributed by atoms with E-state index in [1.807, 2.05) is 20.0 Å². The number of anilines is 2. The number of nitrogens with one attached hydrogen (secondary N) is 3. The number of rotatable bonds is 3. The fourth-order valence-corrected chi connectivity index (χ4v) is 1.69. The van der Waals surface area contributed by atoms with E-state index in [0.29, 0.717) is 11.4 Å². The van der Waals surface area contributed by atoms with E-state index in [1.54, 1.807) is 12.1 Å². The minimum atomic E-state index is -0.313. The number of benzene rings is 1. The highest BCUT2D eigenvalue weighted by molar-refractivity contribution is 6.04. The third-order valence-electron chi connectivity index (χ3n) is 2.68. The van der Waals surface area contributed by atoms with Gasteiger partial charge in [-0.05, 0) is 36.8 Å². The Balaban J connectivity index is 2.18. The first kappa shape index (κ1) is 12.8. The summed E-state index contributed by atoms with van der Waals surface area (Å²) < 4.78 is 0.